The van der Waals surface area contributed by atoms with Gasteiger partial charge in [-0.3, -0.25) is 4.72 Å². The van der Waals surface area contributed by atoms with Crippen LogP contribution in [-0.4, -0.2) is 25.8 Å². The van der Waals surface area contributed by atoms with Crippen molar-refractivity contribution < 1.29 is 17.8 Å². The zero-order valence-electron chi connectivity index (χ0n) is 11.3. The number of sulfonamides is 1. The van der Waals surface area contributed by atoms with Crippen molar-refractivity contribution in [2.45, 2.75) is 4.90 Å². The fraction of sp³-hybridized carbons (Fsp3) is 0.0769. The number of rotatable bonds is 4. The van der Waals surface area contributed by atoms with Crippen LogP contribution in [0.15, 0.2) is 45.9 Å². The molecule has 0 aliphatic carbocycles. The predicted molar refractivity (Wildman–Crippen MR) is 80.6 cm³/mol. The number of hydrogen-bond donors (Lipinski definition) is 1. The van der Waals surface area contributed by atoms with E-state index in [4.69, 9.17) is 16.3 Å². The third kappa shape index (κ3) is 2.58. The Kier molecular flexibility index (Phi) is 3.63. The highest BCUT2D eigenvalue weighted by molar-refractivity contribution is 7.93. The largest absolute Gasteiger partial charge is 0.494 e. The molecule has 0 fully saturated rings. The fourth-order valence-corrected chi connectivity index (χ4v) is 3.34. The van der Waals surface area contributed by atoms with E-state index in [1.165, 1.54) is 25.3 Å². The summed E-state index contributed by atoms with van der Waals surface area (Å²) in [4.78, 5) is -0.0653. The van der Waals surface area contributed by atoms with Gasteiger partial charge in [-0.1, -0.05) is 17.7 Å². The lowest BCUT2D eigenvalue weighted by molar-refractivity contribution is 0.313. The van der Waals surface area contributed by atoms with Gasteiger partial charge in [0.05, 0.1) is 12.8 Å². The van der Waals surface area contributed by atoms with Gasteiger partial charge in [0.25, 0.3) is 10.0 Å². The fourth-order valence-electron chi connectivity index (χ4n) is 1.96. The lowest BCUT2D eigenvalue weighted by Gasteiger charge is -2.09. The second-order valence-corrected chi connectivity index (χ2v) is 6.43. The molecule has 0 atom stereocenters. The molecule has 7 nitrogen and oxygen atoms in total. The van der Waals surface area contributed by atoms with Gasteiger partial charge in [-0.25, -0.2) is 13.0 Å². The van der Waals surface area contributed by atoms with Crippen LogP contribution in [0.1, 0.15) is 0 Å². The topological polar surface area (TPSA) is 94.3 Å². The second kappa shape index (κ2) is 5.47. The van der Waals surface area contributed by atoms with Gasteiger partial charge >= 0.3 is 0 Å². The molecule has 1 heterocycles. The quantitative estimate of drug-likeness (QED) is 0.785. The van der Waals surface area contributed by atoms with Crippen molar-refractivity contribution in [3.63, 3.8) is 0 Å². The molecular weight excluding hydrogens is 330 g/mol. The first-order valence-electron chi connectivity index (χ1n) is 6.09. The van der Waals surface area contributed by atoms with Crippen molar-refractivity contribution in [1.82, 2.24) is 10.3 Å². The molecule has 0 bridgehead atoms. The maximum atomic E-state index is 12.5. The number of methoxy groups -OCH3 is 1. The van der Waals surface area contributed by atoms with Crippen molar-refractivity contribution in [2.24, 2.45) is 0 Å². The van der Waals surface area contributed by atoms with Gasteiger partial charge in [0, 0.05) is 5.02 Å². The number of hydrogen-bond acceptors (Lipinski definition) is 6. The Morgan fingerprint density at radius 2 is 1.95 bits per heavy atom. The minimum absolute atomic E-state index is 0.0653. The average molecular weight is 340 g/mol. The minimum atomic E-state index is -3.88. The van der Waals surface area contributed by atoms with E-state index in [0.29, 0.717) is 16.5 Å². The molecule has 0 aliphatic heterocycles. The normalized spacial score (nSPS) is 11.5. The van der Waals surface area contributed by atoms with Gasteiger partial charge in [0.1, 0.15) is 10.6 Å². The Labute approximate surface area is 130 Å². The highest BCUT2D eigenvalue weighted by Crippen LogP contribution is 2.29. The van der Waals surface area contributed by atoms with Gasteiger partial charge in [-0.15, -0.1) is 0 Å². The number of fused-ring (bicyclic) bond motifs is 1. The van der Waals surface area contributed by atoms with Gasteiger partial charge in [-0.05, 0) is 40.6 Å². The van der Waals surface area contributed by atoms with Crippen molar-refractivity contribution in [3.8, 4) is 5.75 Å². The first-order valence-corrected chi connectivity index (χ1v) is 7.95. The van der Waals surface area contributed by atoms with Gasteiger partial charge in [-0.2, -0.15) is 0 Å². The zero-order valence-corrected chi connectivity index (χ0v) is 12.9. The van der Waals surface area contributed by atoms with Crippen molar-refractivity contribution in [2.75, 3.05) is 11.8 Å². The average Bonchev–Trinajstić information content (AvgIpc) is 2.94. The van der Waals surface area contributed by atoms with Crippen molar-refractivity contribution in [3.05, 3.63) is 41.4 Å². The lowest BCUT2D eigenvalue weighted by Crippen LogP contribution is -2.13. The molecule has 0 spiro atoms. The first kappa shape index (κ1) is 14.6. The third-order valence-electron chi connectivity index (χ3n) is 2.93. The lowest BCUT2D eigenvalue weighted by atomic mass is 10.3. The van der Waals surface area contributed by atoms with Gasteiger partial charge in [0.15, 0.2) is 11.0 Å². The Bertz CT molecular complexity index is 939. The zero-order chi connectivity index (χ0) is 15.7. The van der Waals surface area contributed by atoms with Crippen LogP contribution in [-0.2, 0) is 10.0 Å². The molecule has 0 saturated heterocycles. The smallest absolute Gasteiger partial charge is 0.264 e. The van der Waals surface area contributed by atoms with Gasteiger partial charge in [0.2, 0.25) is 0 Å². The van der Waals surface area contributed by atoms with Crippen LogP contribution in [0.3, 0.4) is 0 Å². The molecular formula is C13H10ClN3O4S. The third-order valence-corrected chi connectivity index (χ3v) is 4.58. The summed E-state index contributed by atoms with van der Waals surface area (Å²) in [6.45, 7) is 0. The summed E-state index contributed by atoms with van der Waals surface area (Å²) in [5.74, 6) is 0.373. The summed E-state index contributed by atoms with van der Waals surface area (Å²) in [5.41, 5.74) is 0.665. The molecule has 2 aromatic carbocycles. The number of aromatic nitrogens is 2. The van der Waals surface area contributed by atoms with Crippen LogP contribution < -0.4 is 9.46 Å². The van der Waals surface area contributed by atoms with Crippen molar-refractivity contribution >= 4 is 38.3 Å². The highest BCUT2D eigenvalue weighted by Gasteiger charge is 2.23. The molecule has 1 aromatic heterocycles. The van der Waals surface area contributed by atoms with E-state index in [1.807, 2.05) is 0 Å². The Balaban J connectivity index is 2.08. The van der Waals surface area contributed by atoms with E-state index in [1.54, 1.807) is 18.2 Å². The number of benzene rings is 2. The van der Waals surface area contributed by atoms with Crippen LogP contribution in [0.5, 0.6) is 5.75 Å². The summed E-state index contributed by atoms with van der Waals surface area (Å²) >= 11 is 5.85. The van der Waals surface area contributed by atoms with Crippen LogP contribution in [0.4, 0.5) is 5.69 Å². The van der Waals surface area contributed by atoms with Crippen molar-refractivity contribution in [1.29, 1.82) is 0 Å². The molecule has 0 aliphatic rings. The molecule has 3 aromatic rings. The Hall–Kier alpha value is -2.32. The van der Waals surface area contributed by atoms with E-state index >= 15 is 0 Å². The van der Waals surface area contributed by atoms with E-state index in [-0.39, 0.29) is 15.9 Å². The summed E-state index contributed by atoms with van der Waals surface area (Å²) in [6, 6.07) is 9.23. The predicted octanol–water partition coefficient (Wildman–Crippen LogP) is 2.69. The Morgan fingerprint density at radius 3 is 2.68 bits per heavy atom. The summed E-state index contributed by atoms with van der Waals surface area (Å²) < 4.78 is 37.2. The summed E-state index contributed by atoms with van der Waals surface area (Å²) in [7, 11) is -2.43. The molecule has 0 radical (unpaired) electrons. The minimum Gasteiger partial charge on any atom is -0.494 e. The maximum absolute atomic E-state index is 12.5. The monoisotopic (exact) mass is 339 g/mol. The summed E-state index contributed by atoms with van der Waals surface area (Å²) in [5, 5.41) is 7.72. The first-order chi connectivity index (χ1) is 10.5. The maximum Gasteiger partial charge on any atom is 0.264 e. The molecule has 9 heteroatoms. The molecule has 0 unspecified atom stereocenters. The molecule has 22 heavy (non-hydrogen) atoms. The van der Waals surface area contributed by atoms with E-state index in [9.17, 15) is 8.42 Å². The number of nitrogens with one attached hydrogen (secondary N) is 1. The van der Waals surface area contributed by atoms with E-state index < -0.39 is 10.0 Å². The van der Waals surface area contributed by atoms with Crippen LogP contribution in [0.2, 0.25) is 5.02 Å². The molecule has 114 valence electrons. The second-order valence-electron chi connectivity index (χ2n) is 4.34. The Morgan fingerprint density at radius 1 is 1.18 bits per heavy atom. The molecule has 3 rings (SSSR count). The number of anilines is 1. The molecule has 1 N–H and O–H groups in total. The van der Waals surface area contributed by atoms with E-state index in [0.717, 1.165) is 0 Å². The SMILES string of the molecule is COc1ccc(S(=O)(=O)Nc2cccc(Cl)c2)c2nonc12. The van der Waals surface area contributed by atoms with E-state index in [2.05, 4.69) is 19.7 Å². The van der Waals surface area contributed by atoms with Gasteiger partial charge < -0.3 is 4.74 Å². The number of nitrogens with zero attached hydrogens (tertiary/aromatic N) is 2. The standard InChI is InChI=1S/C13H10ClN3O4S/c1-20-10-5-6-11(13-12(10)15-21-16-13)22(18,19)17-9-4-2-3-8(14)7-9/h2-7,17H,1H3. The van der Waals surface area contributed by atoms with Crippen LogP contribution >= 0.6 is 11.6 Å². The van der Waals surface area contributed by atoms with Crippen LogP contribution in [0.25, 0.3) is 11.0 Å². The number of halogens is 1. The molecule has 0 amide bonds. The number of ether oxygens (including phenoxy) is 1. The highest BCUT2D eigenvalue weighted by atomic mass is 35.5. The van der Waals surface area contributed by atoms with Crippen LogP contribution in [0, 0.1) is 0 Å². The molecule has 0 saturated carbocycles. The summed E-state index contributed by atoms with van der Waals surface area (Å²) in [6.07, 6.45) is 0.